The Bertz CT molecular complexity index is 1030. The maximum absolute atomic E-state index is 3.61. The normalized spacial score (nSPS) is 22.4. The molecule has 2 aromatic rings. The van der Waals surface area contributed by atoms with Gasteiger partial charge in [0.1, 0.15) is 0 Å². The van der Waals surface area contributed by atoms with E-state index in [1.807, 2.05) is 7.05 Å². The lowest BCUT2D eigenvalue weighted by atomic mass is 10.0. The average Bonchev–Trinajstić information content (AvgIpc) is 3.04. The van der Waals surface area contributed by atoms with Crippen molar-refractivity contribution in [3.8, 4) is 11.1 Å². The molecule has 0 saturated heterocycles. The number of fused-ring (bicyclic) bond motifs is 3. The minimum Gasteiger partial charge on any atom is -0.388 e. The Morgan fingerprint density at radius 3 is 2.32 bits per heavy atom. The van der Waals surface area contributed by atoms with Crippen LogP contribution in [0.4, 0.5) is 11.4 Å². The minimum atomic E-state index is 0.902. The molecule has 140 valence electrons. The summed E-state index contributed by atoms with van der Waals surface area (Å²) in [6, 6.07) is 13.4. The summed E-state index contributed by atoms with van der Waals surface area (Å²) in [6.07, 6.45) is 18.9. The second-order valence-corrected chi connectivity index (χ2v) is 7.25. The van der Waals surface area contributed by atoms with E-state index in [4.69, 9.17) is 0 Å². The van der Waals surface area contributed by atoms with Crippen molar-refractivity contribution in [2.45, 2.75) is 19.8 Å². The molecule has 0 unspecified atom stereocenters. The molecule has 0 atom stereocenters. The third-order valence-electron chi connectivity index (χ3n) is 5.14. The van der Waals surface area contributed by atoms with Crippen molar-refractivity contribution in [1.82, 2.24) is 0 Å². The molecule has 28 heavy (non-hydrogen) atoms. The van der Waals surface area contributed by atoms with Crippen molar-refractivity contribution >= 4 is 11.4 Å². The number of anilines is 2. The van der Waals surface area contributed by atoms with Crippen LogP contribution in [0, 0.1) is 0 Å². The van der Waals surface area contributed by atoms with Crippen molar-refractivity contribution in [3.63, 3.8) is 0 Å². The van der Waals surface area contributed by atoms with Crippen LogP contribution in [0.1, 0.15) is 24.5 Å². The van der Waals surface area contributed by atoms with E-state index in [1.165, 1.54) is 33.5 Å². The van der Waals surface area contributed by atoms with Crippen LogP contribution in [0.25, 0.3) is 11.1 Å². The quantitative estimate of drug-likeness (QED) is 0.545. The van der Waals surface area contributed by atoms with Crippen molar-refractivity contribution in [3.05, 3.63) is 107 Å². The molecule has 0 bridgehead atoms. The molecule has 2 aliphatic rings. The lowest BCUT2D eigenvalue weighted by Gasteiger charge is -2.11. The van der Waals surface area contributed by atoms with Crippen LogP contribution in [0.5, 0.6) is 0 Å². The Labute approximate surface area is 167 Å². The molecule has 0 radical (unpaired) electrons. The van der Waals surface area contributed by atoms with Crippen LogP contribution in [0.2, 0.25) is 0 Å². The van der Waals surface area contributed by atoms with Crippen LogP contribution >= 0.6 is 0 Å². The van der Waals surface area contributed by atoms with Gasteiger partial charge in [-0.25, -0.2) is 0 Å². The van der Waals surface area contributed by atoms with Gasteiger partial charge in [-0.1, -0.05) is 54.7 Å². The van der Waals surface area contributed by atoms with Gasteiger partial charge < -0.3 is 10.6 Å². The third-order valence-corrected chi connectivity index (χ3v) is 5.14. The van der Waals surface area contributed by atoms with Crippen molar-refractivity contribution < 1.29 is 0 Å². The van der Waals surface area contributed by atoms with E-state index in [-0.39, 0.29) is 0 Å². The van der Waals surface area contributed by atoms with Crippen LogP contribution in [-0.4, -0.2) is 7.05 Å². The monoisotopic (exact) mass is 366 g/mol. The zero-order valence-electron chi connectivity index (χ0n) is 16.5. The van der Waals surface area contributed by atoms with Gasteiger partial charge in [0.15, 0.2) is 0 Å². The maximum Gasteiger partial charge on any atom is 0.0387 e. The zero-order chi connectivity index (χ0) is 19.3. The number of hydrogen-bond donors (Lipinski definition) is 2. The van der Waals surface area contributed by atoms with Gasteiger partial charge >= 0.3 is 0 Å². The Morgan fingerprint density at radius 1 is 0.821 bits per heavy atom. The Kier molecular flexibility index (Phi) is 5.29. The van der Waals surface area contributed by atoms with Gasteiger partial charge in [-0.15, -0.1) is 0 Å². The summed E-state index contributed by atoms with van der Waals surface area (Å²) in [6.45, 7) is 2.13. The molecule has 0 spiro atoms. The fraction of sp³-hybridized carbons (Fsp3) is 0.154. The predicted molar refractivity (Wildman–Crippen MR) is 122 cm³/mol. The number of hydrogen-bond acceptors (Lipinski definition) is 2. The summed E-state index contributed by atoms with van der Waals surface area (Å²) >= 11 is 0. The highest BCUT2D eigenvalue weighted by atomic mass is 14.9. The lowest BCUT2D eigenvalue weighted by molar-refractivity contribution is 1.25. The van der Waals surface area contributed by atoms with E-state index < -0.39 is 0 Å². The summed E-state index contributed by atoms with van der Waals surface area (Å²) in [5, 5.41) is 6.85. The minimum absolute atomic E-state index is 0.902. The molecule has 0 aliphatic heterocycles. The maximum atomic E-state index is 3.61. The van der Waals surface area contributed by atoms with Crippen LogP contribution < -0.4 is 10.6 Å². The number of allylic oxidation sites excluding steroid dienone is 9. The van der Waals surface area contributed by atoms with E-state index in [0.717, 1.165) is 24.2 Å². The summed E-state index contributed by atoms with van der Waals surface area (Å²) in [5.74, 6) is 0. The predicted octanol–water partition coefficient (Wildman–Crippen LogP) is 6.61. The van der Waals surface area contributed by atoms with Crippen LogP contribution in [0.15, 0.2) is 96.3 Å². The Hall–Kier alpha value is -3.26. The second-order valence-electron chi connectivity index (χ2n) is 7.25. The number of nitrogens with one attached hydrogen (secondary N) is 2. The summed E-state index contributed by atoms with van der Waals surface area (Å²) in [7, 11) is 1.97. The van der Waals surface area contributed by atoms with Gasteiger partial charge in [-0.05, 0) is 77.9 Å². The standard InChI is InChI=1S/C26H26N2/c1-19-9-7-5-3-4-6-8-10-23(15-19)28-24-12-14-26-21(18-24)16-20-17-22(27-2)11-13-25(20)26/h3-7,9-15,17-18,27-28H,8,16H2,1-2H3/b5-3-,6-4-,9-7-,19-15+,23-10+. The van der Waals surface area contributed by atoms with Gasteiger partial charge in [0, 0.05) is 24.1 Å². The molecule has 2 aromatic carbocycles. The number of rotatable bonds is 3. The van der Waals surface area contributed by atoms with Gasteiger partial charge in [0.05, 0.1) is 0 Å². The molecule has 0 heterocycles. The SMILES string of the molecule is CNc1ccc2c(c1)Cc1cc(NC3=C\C\C=C/C=C\C=C/C(C)=C/3)ccc1-2. The van der Waals surface area contributed by atoms with Crippen molar-refractivity contribution in [2.24, 2.45) is 0 Å². The number of benzene rings is 2. The molecular weight excluding hydrogens is 340 g/mol. The van der Waals surface area contributed by atoms with E-state index in [9.17, 15) is 0 Å². The highest BCUT2D eigenvalue weighted by Gasteiger charge is 2.18. The molecule has 2 N–H and O–H groups in total. The molecule has 2 aliphatic carbocycles. The lowest BCUT2D eigenvalue weighted by Crippen LogP contribution is -1.98. The largest absolute Gasteiger partial charge is 0.388 e. The Balaban J connectivity index is 1.59. The fourth-order valence-corrected chi connectivity index (χ4v) is 3.74. The van der Waals surface area contributed by atoms with Crippen molar-refractivity contribution in [1.29, 1.82) is 0 Å². The van der Waals surface area contributed by atoms with Gasteiger partial charge in [0.25, 0.3) is 0 Å². The first kappa shape index (κ1) is 18.1. The molecular formula is C26H26N2. The van der Waals surface area contributed by atoms with Gasteiger partial charge in [0.2, 0.25) is 0 Å². The van der Waals surface area contributed by atoms with E-state index in [0.29, 0.717) is 0 Å². The zero-order valence-corrected chi connectivity index (χ0v) is 16.5. The van der Waals surface area contributed by atoms with Gasteiger partial charge in [-0.3, -0.25) is 0 Å². The van der Waals surface area contributed by atoms with E-state index in [1.54, 1.807) is 0 Å². The third kappa shape index (κ3) is 4.01. The van der Waals surface area contributed by atoms with Crippen LogP contribution in [-0.2, 0) is 6.42 Å². The molecule has 0 amide bonds. The Morgan fingerprint density at radius 2 is 1.54 bits per heavy atom. The molecule has 0 saturated carbocycles. The highest BCUT2D eigenvalue weighted by Crippen LogP contribution is 2.39. The summed E-state index contributed by atoms with van der Waals surface area (Å²) in [4.78, 5) is 0. The molecule has 0 fully saturated rings. The second kappa shape index (κ2) is 8.18. The first-order valence-electron chi connectivity index (χ1n) is 9.82. The molecule has 4 rings (SSSR count). The first-order chi connectivity index (χ1) is 13.7. The molecule has 2 nitrogen and oxygen atoms in total. The summed E-state index contributed by atoms with van der Waals surface area (Å²) < 4.78 is 0. The fourth-order valence-electron chi connectivity index (χ4n) is 3.74. The smallest absolute Gasteiger partial charge is 0.0387 e. The van der Waals surface area contributed by atoms with E-state index in [2.05, 4.69) is 103 Å². The summed E-state index contributed by atoms with van der Waals surface area (Å²) in [5.41, 5.74) is 10.1. The molecule has 2 heteroatoms. The molecule has 0 aromatic heterocycles. The average molecular weight is 367 g/mol. The first-order valence-corrected chi connectivity index (χ1v) is 9.82. The van der Waals surface area contributed by atoms with Crippen LogP contribution in [0.3, 0.4) is 0 Å². The highest BCUT2D eigenvalue weighted by molar-refractivity contribution is 5.80. The van der Waals surface area contributed by atoms with Crippen molar-refractivity contribution in [2.75, 3.05) is 17.7 Å². The van der Waals surface area contributed by atoms with Gasteiger partial charge in [-0.2, -0.15) is 0 Å². The topological polar surface area (TPSA) is 24.1 Å². The van der Waals surface area contributed by atoms with E-state index >= 15 is 0 Å².